The third kappa shape index (κ3) is 3.40. The third-order valence-electron chi connectivity index (χ3n) is 2.43. The number of aliphatic hydroxyl groups excluding tert-OH is 1. The summed E-state index contributed by atoms with van der Waals surface area (Å²) < 4.78 is 12.8. The molecule has 0 spiro atoms. The first-order chi connectivity index (χ1) is 9.70. The van der Waals surface area contributed by atoms with Gasteiger partial charge in [0.2, 0.25) is 0 Å². The molecule has 1 aromatic carbocycles. The van der Waals surface area contributed by atoms with Crippen LogP contribution in [0.1, 0.15) is 16.1 Å². The van der Waals surface area contributed by atoms with E-state index in [2.05, 4.69) is 22.1 Å². The smallest absolute Gasteiger partial charge is 0.275 e. The summed E-state index contributed by atoms with van der Waals surface area (Å²) in [6.45, 7) is -0.298. The quantitative estimate of drug-likeness (QED) is 0.818. The second-order valence-corrected chi connectivity index (χ2v) is 3.82. The van der Waals surface area contributed by atoms with Crippen molar-refractivity contribution < 1.29 is 14.3 Å². The highest BCUT2D eigenvalue weighted by Gasteiger charge is 2.11. The zero-order valence-electron chi connectivity index (χ0n) is 10.4. The Hall–Kier alpha value is -2.71. The van der Waals surface area contributed by atoms with Gasteiger partial charge in [-0.05, 0) is 36.4 Å². The van der Waals surface area contributed by atoms with Crippen molar-refractivity contribution in [1.29, 1.82) is 0 Å². The molecule has 100 valence electrons. The van der Waals surface area contributed by atoms with E-state index in [1.165, 1.54) is 30.5 Å². The average Bonchev–Trinajstić information content (AvgIpc) is 2.47. The number of hydrogen-bond acceptors (Lipinski definition) is 3. The topological polar surface area (TPSA) is 62.2 Å². The van der Waals surface area contributed by atoms with Crippen molar-refractivity contribution in [1.82, 2.24) is 4.98 Å². The van der Waals surface area contributed by atoms with Crippen LogP contribution >= 0.6 is 0 Å². The Bertz CT molecular complexity index is 672. The van der Waals surface area contributed by atoms with E-state index in [4.69, 9.17) is 5.11 Å². The van der Waals surface area contributed by atoms with Crippen LogP contribution in [0.15, 0.2) is 42.6 Å². The fourth-order valence-electron chi connectivity index (χ4n) is 1.55. The Labute approximate surface area is 115 Å². The molecule has 2 aromatic rings. The summed E-state index contributed by atoms with van der Waals surface area (Å²) in [5.74, 6) is 4.30. The molecule has 4 nitrogen and oxygen atoms in total. The molecule has 0 aliphatic carbocycles. The van der Waals surface area contributed by atoms with E-state index in [9.17, 15) is 9.18 Å². The number of carbonyl (C=O) groups is 1. The number of nitrogens with one attached hydrogen (secondary N) is 1. The first-order valence-corrected chi connectivity index (χ1v) is 5.82. The Balaban J connectivity index is 2.23. The molecule has 1 heterocycles. The number of benzene rings is 1. The van der Waals surface area contributed by atoms with Crippen LogP contribution in [-0.2, 0) is 0 Å². The van der Waals surface area contributed by atoms with Crippen molar-refractivity contribution in [2.75, 3.05) is 11.9 Å². The van der Waals surface area contributed by atoms with Gasteiger partial charge in [-0.1, -0.05) is 11.8 Å². The predicted octanol–water partition coefficient (Wildman–Crippen LogP) is 1.82. The fourth-order valence-corrected chi connectivity index (χ4v) is 1.55. The molecule has 1 aromatic heterocycles. The average molecular weight is 270 g/mol. The minimum atomic E-state index is -0.445. The highest BCUT2D eigenvalue weighted by atomic mass is 19.1. The second kappa shape index (κ2) is 6.45. The molecule has 5 heteroatoms. The molecule has 0 saturated heterocycles. The normalized spacial score (nSPS) is 9.50. The van der Waals surface area contributed by atoms with E-state index in [0.717, 1.165) is 0 Å². The SMILES string of the molecule is O=C(Nc1ccc(F)cc1)c1ncccc1C#CCO. The van der Waals surface area contributed by atoms with Gasteiger partial charge in [0.15, 0.2) is 0 Å². The molecule has 20 heavy (non-hydrogen) atoms. The first-order valence-electron chi connectivity index (χ1n) is 5.82. The van der Waals surface area contributed by atoms with E-state index in [0.29, 0.717) is 11.3 Å². The predicted molar refractivity (Wildman–Crippen MR) is 72.6 cm³/mol. The highest BCUT2D eigenvalue weighted by molar-refractivity contribution is 6.04. The van der Waals surface area contributed by atoms with E-state index < -0.39 is 5.91 Å². The minimum Gasteiger partial charge on any atom is -0.384 e. The van der Waals surface area contributed by atoms with Gasteiger partial charge in [0.05, 0.1) is 5.56 Å². The number of amides is 1. The third-order valence-corrected chi connectivity index (χ3v) is 2.43. The minimum absolute atomic E-state index is 0.151. The first kappa shape index (κ1) is 13.7. The van der Waals surface area contributed by atoms with Gasteiger partial charge in [-0.2, -0.15) is 0 Å². The van der Waals surface area contributed by atoms with Crippen LogP contribution in [-0.4, -0.2) is 22.6 Å². The summed E-state index contributed by atoms with van der Waals surface area (Å²) in [5, 5.41) is 11.3. The van der Waals surface area contributed by atoms with Crippen molar-refractivity contribution in [2.24, 2.45) is 0 Å². The maximum Gasteiger partial charge on any atom is 0.275 e. The van der Waals surface area contributed by atoms with Crippen LogP contribution in [0.4, 0.5) is 10.1 Å². The Morgan fingerprint density at radius 1 is 1.30 bits per heavy atom. The number of aliphatic hydroxyl groups is 1. The van der Waals surface area contributed by atoms with Crippen LogP contribution in [0.2, 0.25) is 0 Å². The standard InChI is InChI=1S/C15H11FN2O2/c16-12-5-7-13(8-6-12)18-15(20)14-11(4-2-10-19)3-1-9-17-14/h1,3,5-9,19H,10H2,(H,18,20). The Morgan fingerprint density at radius 3 is 2.75 bits per heavy atom. The summed E-state index contributed by atoms with van der Waals surface area (Å²) in [6.07, 6.45) is 1.48. The molecule has 0 fully saturated rings. The molecule has 0 saturated carbocycles. The van der Waals surface area contributed by atoms with Crippen LogP contribution in [0.25, 0.3) is 0 Å². The lowest BCUT2D eigenvalue weighted by Gasteiger charge is -2.05. The van der Waals surface area contributed by atoms with Gasteiger partial charge in [-0.25, -0.2) is 9.37 Å². The molecule has 0 aliphatic heterocycles. The monoisotopic (exact) mass is 270 g/mol. The van der Waals surface area contributed by atoms with Crippen molar-refractivity contribution >= 4 is 11.6 Å². The molecule has 0 aliphatic rings. The lowest BCUT2D eigenvalue weighted by Crippen LogP contribution is -2.15. The van der Waals surface area contributed by atoms with Gasteiger partial charge in [-0.3, -0.25) is 4.79 Å². The van der Waals surface area contributed by atoms with E-state index >= 15 is 0 Å². The van der Waals surface area contributed by atoms with Gasteiger partial charge in [-0.15, -0.1) is 0 Å². The van der Waals surface area contributed by atoms with Crippen molar-refractivity contribution in [3.05, 3.63) is 59.7 Å². The van der Waals surface area contributed by atoms with Gasteiger partial charge >= 0.3 is 0 Å². The Morgan fingerprint density at radius 2 is 2.05 bits per heavy atom. The molecule has 0 unspecified atom stereocenters. The molecule has 2 N–H and O–H groups in total. The number of anilines is 1. The van der Waals surface area contributed by atoms with Crippen molar-refractivity contribution in [3.63, 3.8) is 0 Å². The molecular weight excluding hydrogens is 259 g/mol. The number of halogens is 1. The van der Waals surface area contributed by atoms with E-state index in [-0.39, 0.29) is 18.1 Å². The van der Waals surface area contributed by atoms with Crippen molar-refractivity contribution in [2.45, 2.75) is 0 Å². The summed E-state index contributed by atoms with van der Waals surface area (Å²) in [5.41, 5.74) is 1.03. The zero-order chi connectivity index (χ0) is 14.4. The summed E-state index contributed by atoms with van der Waals surface area (Å²) >= 11 is 0. The van der Waals surface area contributed by atoms with Gasteiger partial charge in [0.1, 0.15) is 18.1 Å². The summed E-state index contributed by atoms with van der Waals surface area (Å²) in [4.78, 5) is 16.1. The van der Waals surface area contributed by atoms with Gasteiger partial charge in [0, 0.05) is 11.9 Å². The summed E-state index contributed by atoms with van der Waals surface area (Å²) in [6, 6.07) is 8.69. The zero-order valence-corrected chi connectivity index (χ0v) is 10.4. The molecule has 0 bridgehead atoms. The fraction of sp³-hybridized carbons (Fsp3) is 0.0667. The number of hydrogen-bond donors (Lipinski definition) is 2. The number of rotatable bonds is 2. The van der Waals surface area contributed by atoms with Crippen LogP contribution < -0.4 is 5.32 Å². The number of nitrogens with zero attached hydrogens (tertiary/aromatic N) is 1. The molecule has 0 atom stereocenters. The molecule has 2 rings (SSSR count). The van der Waals surface area contributed by atoms with Crippen LogP contribution in [0.5, 0.6) is 0 Å². The Kier molecular flexibility index (Phi) is 4.43. The molecule has 1 amide bonds. The molecule has 0 radical (unpaired) electrons. The maximum absolute atomic E-state index is 12.8. The largest absolute Gasteiger partial charge is 0.384 e. The summed E-state index contributed by atoms with van der Waals surface area (Å²) in [7, 11) is 0. The van der Waals surface area contributed by atoms with Gasteiger partial charge in [0.25, 0.3) is 5.91 Å². The number of pyridine rings is 1. The van der Waals surface area contributed by atoms with Crippen LogP contribution in [0, 0.1) is 17.7 Å². The second-order valence-electron chi connectivity index (χ2n) is 3.82. The lowest BCUT2D eigenvalue weighted by molar-refractivity contribution is 0.102. The highest BCUT2D eigenvalue weighted by Crippen LogP contribution is 2.11. The van der Waals surface area contributed by atoms with E-state index in [1.54, 1.807) is 12.1 Å². The number of aromatic nitrogens is 1. The van der Waals surface area contributed by atoms with Crippen molar-refractivity contribution in [3.8, 4) is 11.8 Å². The maximum atomic E-state index is 12.8. The number of carbonyl (C=O) groups excluding carboxylic acids is 1. The van der Waals surface area contributed by atoms with E-state index in [1.807, 2.05) is 0 Å². The lowest BCUT2D eigenvalue weighted by atomic mass is 10.2. The van der Waals surface area contributed by atoms with Crippen LogP contribution in [0.3, 0.4) is 0 Å². The molecular formula is C15H11FN2O2. The van der Waals surface area contributed by atoms with Gasteiger partial charge < -0.3 is 10.4 Å².